The molecule has 1 saturated heterocycles. The summed E-state index contributed by atoms with van der Waals surface area (Å²) in [6, 6.07) is 5.91. The maximum absolute atomic E-state index is 13.9. The summed E-state index contributed by atoms with van der Waals surface area (Å²) in [5.41, 5.74) is 6.08. The molecular formula is C20H22F2N4O2. The molecule has 3 N–H and O–H groups in total. The number of rotatable bonds is 5. The molecule has 1 fully saturated rings. The third kappa shape index (κ3) is 4.01. The van der Waals surface area contributed by atoms with Crippen molar-refractivity contribution in [1.82, 2.24) is 15.2 Å². The molecule has 0 spiro atoms. The van der Waals surface area contributed by atoms with Crippen LogP contribution in [0.5, 0.6) is 0 Å². The third-order valence-corrected chi connectivity index (χ3v) is 4.91. The molecule has 0 saturated carbocycles. The maximum Gasteiger partial charge on any atom is 0.243 e. The Bertz CT molecular complexity index is 853. The fraction of sp³-hybridized carbons (Fsp3) is 0.350. The normalized spacial score (nSPS) is 17.4. The van der Waals surface area contributed by atoms with Gasteiger partial charge in [0.05, 0.1) is 23.8 Å². The van der Waals surface area contributed by atoms with E-state index in [9.17, 15) is 18.4 Å². The Kier molecular flexibility index (Phi) is 5.99. The zero-order chi connectivity index (χ0) is 20.3. The van der Waals surface area contributed by atoms with Crippen LogP contribution in [0, 0.1) is 11.6 Å². The molecular weight excluding hydrogens is 366 g/mol. The molecule has 2 amide bonds. The van der Waals surface area contributed by atoms with Gasteiger partial charge in [0.25, 0.3) is 0 Å². The number of halogens is 2. The lowest BCUT2D eigenvalue weighted by Crippen LogP contribution is -2.48. The summed E-state index contributed by atoms with van der Waals surface area (Å²) in [5.74, 6) is -1.88. The number of hydrogen-bond acceptors (Lipinski definition) is 4. The lowest BCUT2D eigenvalue weighted by atomic mass is 10.1. The van der Waals surface area contributed by atoms with Crippen molar-refractivity contribution in [2.75, 3.05) is 13.1 Å². The van der Waals surface area contributed by atoms with Crippen molar-refractivity contribution in [3.63, 3.8) is 0 Å². The van der Waals surface area contributed by atoms with Gasteiger partial charge < -0.3 is 16.0 Å². The van der Waals surface area contributed by atoms with Crippen LogP contribution in [0.4, 0.5) is 8.78 Å². The Balaban J connectivity index is 1.70. The van der Waals surface area contributed by atoms with E-state index < -0.39 is 17.7 Å². The second-order valence-electron chi connectivity index (χ2n) is 6.75. The fourth-order valence-electron chi connectivity index (χ4n) is 3.40. The van der Waals surface area contributed by atoms with Crippen molar-refractivity contribution in [2.24, 2.45) is 5.73 Å². The van der Waals surface area contributed by atoms with Crippen LogP contribution < -0.4 is 11.1 Å². The summed E-state index contributed by atoms with van der Waals surface area (Å²) in [7, 11) is 0. The zero-order valence-electron chi connectivity index (χ0n) is 15.5. The number of hydrogen-bond donors (Lipinski definition) is 2. The van der Waals surface area contributed by atoms with Crippen LogP contribution in [0.15, 0.2) is 36.5 Å². The predicted octanol–water partition coefficient (Wildman–Crippen LogP) is 2.15. The quantitative estimate of drug-likeness (QED) is 0.822. The first-order valence-electron chi connectivity index (χ1n) is 9.12. The van der Waals surface area contributed by atoms with E-state index in [0.29, 0.717) is 18.5 Å². The summed E-state index contributed by atoms with van der Waals surface area (Å²) in [6.45, 7) is 2.17. The summed E-state index contributed by atoms with van der Waals surface area (Å²) in [5, 5.41) is 2.87. The highest BCUT2D eigenvalue weighted by molar-refractivity contribution is 5.89. The first-order valence-corrected chi connectivity index (χ1v) is 9.12. The molecule has 0 aliphatic carbocycles. The van der Waals surface area contributed by atoms with Crippen LogP contribution in [0.25, 0.3) is 11.3 Å². The monoisotopic (exact) mass is 388 g/mol. The molecule has 6 nitrogen and oxygen atoms in total. The van der Waals surface area contributed by atoms with Crippen LogP contribution in [0.2, 0.25) is 0 Å². The lowest BCUT2D eigenvalue weighted by Gasteiger charge is -2.25. The number of likely N-dealkylation sites (tertiary alicyclic amines) is 1. The summed E-state index contributed by atoms with van der Waals surface area (Å²) < 4.78 is 27.8. The van der Waals surface area contributed by atoms with Crippen molar-refractivity contribution in [3.8, 4) is 11.3 Å². The molecule has 28 heavy (non-hydrogen) atoms. The molecule has 1 aliphatic heterocycles. The van der Waals surface area contributed by atoms with Gasteiger partial charge in [-0.05, 0) is 43.5 Å². The Morgan fingerprint density at radius 3 is 2.61 bits per heavy atom. The van der Waals surface area contributed by atoms with Gasteiger partial charge in [-0.25, -0.2) is 8.78 Å². The molecule has 1 aliphatic rings. The van der Waals surface area contributed by atoms with Gasteiger partial charge in [0.15, 0.2) is 0 Å². The van der Waals surface area contributed by atoms with Crippen molar-refractivity contribution in [3.05, 3.63) is 53.7 Å². The second-order valence-corrected chi connectivity index (χ2v) is 6.75. The fourth-order valence-corrected chi connectivity index (χ4v) is 3.40. The third-order valence-electron chi connectivity index (χ3n) is 4.91. The maximum atomic E-state index is 13.9. The summed E-state index contributed by atoms with van der Waals surface area (Å²) in [6.07, 6.45) is 2.82. The number of carbonyl (C=O) groups excluding carboxylic acids is 2. The van der Waals surface area contributed by atoms with E-state index in [1.54, 1.807) is 13.0 Å². The Morgan fingerprint density at radius 1 is 1.29 bits per heavy atom. The van der Waals surface area contributed by atoms with Crippen molar-refractivity contribution in [1.29, 1.82) is 0 Å². The number of amides is 2. The van der Waals surface area contributed by atoms with Gasteiger partial charge >= 0.3 is 0 Å². The van der Waals surface area contributed by atoms with E-state index in [1.807, 2.05) is 0 Å². The molecule has 148 valence electrons. The van der Waals surface area contributed by atoms with Gasteiger partial charge in [-0.2, -0.15) is 0 Å². The van der Waals surface area contributed by atoms with E-state index >= 15 is 0 Å². The number of carbonyl (C=O) groups is 2. The predicted molar refractivity (Wildman–Crippen MR) is 99.9 cm³/mol. The molecule has 3 rings (SSSR count). The summed E-state index contributed by atoms with van der Waals surface area (Å²) >= 11 is 0. The highest BCUT2D eigenvalue weighted by atomic mass is 19.1. The minimum atomic E-state index is -0.688. The standard InChI is InChI=1S/C20H22F2N4O2/c1-12(25-20(28)17-6-3-9-26(17)18(27)10-23)13-7-8-16(24-11-13)19-14(21)4-2-5-15(19)22/h2,4-5,7-8,11-12,17H,3,6,9-10,23H2,1H3,(H,25,28). The molecule has 1 aromatic heterocycles. The molecule has 2 atom stereocenters. The highest BCUT2D eigenvalue weighted by Crippen LogP contribution is 2.25. The molecule has 2 heterocycles. The smallest absolute Gasteiger partial charge is 0.243 e. The Hall–Kier alpha value is -2.87. The number of pyridine rings is 1. The SMILES string of the molecule is CC(NC(=O)C1CCCN1C(=O)CN)c1ccc(-c2c(F)cccc2F)nc1. The molecule has 8 heteroatoms. The van der Waals surface area contributed by atoms with Crippen LogP contribution in [0.3, 0.4) is 0 Å². The Morgan fingerprint density at radius 2 is 2.00 bits per heavy atom. The number of aromatic nitrogens is 1. The van der Waals surface area contributed by atoms with Gasteiger partial charge in [-0.1, -0.05) is 12.1 Å². The van der Waals surface area contributed by atoms with Gasteiger partial charge in [-0.15, -0.1) is 0 Å². The van der Waals surface area contributed by atoms with Crippen molar-refractivity contribution >= 4 is 11.8 Å². The number of nitrogens with zero attached hydrogens (tertiary/aromatic N) is 2. The van der Waals surface area contributed by atoms with Crippen molar-refractivity contribution < 1.29 is 18.4 Å². The van der Waals surface area contributed by atoms with Gasteiger partial charge in [0.1, 0.15) is 17.7 Å². The summed E-state index contributed by atoms with van der Waals surface area (Å²) in [4.78, 5) is 30.1. The topological polar surface area (TPSA) is 88.3 Å². The molecule has 2 aromatic rings. The first kappa shape index (κ1) is 19.9. The minimum Gasteiger partial charge on any atom is -0.348 e. The minimum absolute atomic E-state index is 0.128. The lowest BCUT2D eigenvalue weighted by molar-refractivity contribution is -0.137. The average Bonchev–Trinajstić information content (AvgIpc) is 3.17. The van der Waals surface area contributed by atoms with E-state index in [2.05, 4.69) is 10.3 Å². The van der Waals surface area contributed by atoms with Gasteiger partial charge in [-0.3, -0.25) is 14.6 Å². The molecule has 0 radical (unpaired) electrons. The zero-order valence-corrected chi connectivity index (χ0v) is 15.5. The van der Waals surface area contributed by atoms with E-state index in [1.165, 1.54) is 35.4 Å². The number of benzene rings is 1. The first-order chi connectivity index (χ1) is 13.4. The van der Waals surface area contributed by atoms with Crippen LogP contribution in [-0.4, -0.2) is 40.8 Å². The Labute approximate surface area is 161 Å². The van der Waals surface area contributed by atoms with Gasteiger partial charge in [0, 0.05) is 12.7 Å². The number of nitrogens with two attached hydrogens (primary N) is 1. The second kappa shape index (κ2) is 8.43. The molecule has 2 unspecified atom stereocenters. The van der Waals surface area contributed by atoms with Crippen LogP contribution >= 0.6 is 0 Å². The largest absolute Gasteiger partial charge is 0.348 e. The van der Waals surface area contributed by atoms with Gasteiger partial charge in [0.2, 0.25) is 11.8 Å². The highest BCUT2D eigenvalue weighted by Gasteiger charge is 2.33. The van der Waals surface area contributed by atoms with Crippen LogP contribution in [-0.2, 0) is 9.59 Å². The average molecular weight is 388 g/mol. The van der Waals surface area contributed by atoms with E-state index in [4.69, 9.17) is 5.73 Å². The van der Waals surface area contributed by atoms with Crippen LogP contribution in [0.1, 0.15) is 31.4 Å². The van der Waals surface area contributed by atoms with E-state index in [-0.39, 0.29) is 35.7 Å². The van der Waals surface area contributed by atoms with E-state index in [0.717, 1.165) is 6.42 Å². The molecule has 0 bridgehead atoms. The number of nitrogens with one attached hydrogen (secondary N) is 1. The van der Waals surface area contributed by atoms with Crippen molar-refractivity contribution in [2.45, 2.75) is 31.8 Å². The molecule has 1 aromatic carbocycles.